The molecule has 5 aromatic rings. The first-order valence-corrected chi connectivity index (χ1v) is 14.2. The van der Waals surface area contributed by atoms with Crippen molar-refractivity contribution in [1.82, 2.24) is 14.5 Å². The lowest BCUT2D eigenvalue weighted by atomic mass is 10.2. The van der Waals surface area contributed by atoms with Gasteiger partial charge in [-0.15, -0.1) is 0 Å². The summed E-state index contributed by atoms with van der Waals surface area (Å²) in [5, 5.41) is 2.67. The third kappa shape index (κ3) is 5.98. The van der Waals surface area contributed by atoms with Crippen LogP contribution in [-0.2, 0) is 25.0 Å². The molecular formula is C32H26N4O5S. The minimum absolute atomic E-state index is 0.164. The Morgan fingerprint density at radius 1 is 0.905 bits per heavy atom. The molecule has 0 bridgehead atoms. The normalized spacial score (nSPS) is 13.0. The molecule has 1 aliphatic heterocycles. The Morgan fingerprint density at radius 3 is 2.33 bits per heavy atom. The van der Waals surface area contributed by atoms with Crippen LogP contribution in [0.1, 0.15) is 21.7 Å². The highest BCUT2D eigenvalue weighted by atomic mass is 32.2. The molecule has 2 heterocycles. The van der Waals surface area contributed by atoms with Crippen LogP contribution in [0.3, 0.4) is 0 Å². The van der Waals surface area contributed by atoms with Gasteiger partial charge >= 0.3 is 0 Å². The summed E-state index contributed by atoms with van der Waals surface area (Å²) < 4.78 is 14.0. The lowest BCUT2D eigenvalue weighted by molar-refractivity contribution is -0.125. The number of aryl methyl sites for hydroxylation is 1. The summed E-state index contributed by atoms with van der Waals surface area (Å²) in [6.07, 6.45) is 0. The zero-order valence-corrected chi connectivity index (χ0v) is 23.5. The van der Waals surface area contributed by atoms with Gasteiger partial charge in [-0.1, -0.05) is 42.1 Å². The van der Waals surface area contributed by atoms with Gasteiger partial charge in [-0.25, -0.2) is 4.98 Å². The predicted molar refractivity (Wildman–Crippen MR) is 161 cm³/mol. The third-order valence-corrected chi connectivity index (χ3v) is 7.66. The maximum atomic E-state index is 12.4. The van der Waals surface area contributed by atoms with Crippen molar-refractivity contribution in [2.75, 3.05) is 11.1 Å². The topological polar surface area (TPSA) is 103 Å². The molecule has 0 atom stereocenters. The van der Waals surface area contributed by atoms with Gasteiger partial charge in [-0.2, -0.15) is 0 Å². The number of ether oxygens (including phenoxy) is 2. The number of imidazole rings is 1. The average molecular weight is 579 g/mol. The number of anilines is 1. The van der Waals surface area contributed by atoms with Crippen molar-refractivity contribution in [2.45, 2.75) is 13.2 Å². The van der Waals surface area contributed by atoms with Crippen LogP contribution in [0.4, 0.5) is 10.5 Å². The largest absolute Gasteiger partial charge is 0.486 e. The van der Waals surface area contributed by atoms with Gasteiger partial charge in [-0.3, -0.25) is 19.3 Å². The van der Waals surface area contributed by atoms with Crippen LogP contribution in [0.5, 0.6) is 17.2 Å². The number of hydrogen-bond acceptors (Lipinski definition) is 7. The smallest absolute Gasteiger partial charge is 0.289 e. The van der Waals surface area contributed by atoms with Gasteiger partial charge < -0.3 is 19.4 Å². The summed E-state index contributed by atoms with van der Waals surface area (Å²) in [4.78, 5) is 42.0. The van der Waals surface area contributed by atoms with E-state index in [-0.39, 0.29) is 36.0 Å². The highest BCUT2D eigenvalue weighted by molar-refractivity contribution is 8.14. The highest BCUT2D eigenvalue weighted by Crippen LogP contribution is 2.28. The van der Waals surface area contributed by atoms with Crippen molar-refractivity contribution in [2.24, 2.45) is 7.05 Å². The van der Waals surface area contributed by atoms with Crippen molar-refractivity contribution in [3.05, 3.63) is 114 Å². The summed E-state index contributed by atoms with van der Waals surface area (Å²) in [5.41, 5.74) is 3.83. The Morgan fingerprint density at radius 2 is 1.62 bits per heavy atom. The van der Waals surface area contributed by atoms with E-state index in [4.69, 9.17) is 14.5 Å². The Kier molecular flexibility index (Phi) is 7.61. The molecule has 10 heteroatoms. The van der Waals surface area contributed by atoms with Crippen LogP contribution in [0.2, 0.25) is 0 Å². The molecule has 9 nitrogen and oxygen atoms in total. The number of thioether (sulfide) groups is 1. The molecule has 0 radical (unpaired) electrons. The molecule has 0 aliphatic carbocycles. The molecule has 1 N–H and O–H groups in total. The maximum absolute atomic E-state index is 12.4. The number of carbonyl (C=O) groups excluding carboxylic acids is 3. The minimum atomic E-state index is -0.210. The number of rotatable bonds is 9. The molecule has 1 aromatic heterocycles. The summed E-state index contributed by atoms with van der Waals surface area (Å²) in [7, 11) is 1.92. The van der Waals surface area contributed by atoms with Crippen LogP contribution in [-0.4, -0.2) is 37.3 Å². The van der Waals surface area contributed by atoms with E-state index in [0.717, 1.165) is 34.2 Å². The highest BCUT2D eigenvalue weighted by Gasteiger charge is 2.29. The van der Waals surface area contributed by atoms with Gasteiger partial charge in [0.25, 0.3) is 11.1 Å². The van der Waals surface area contributed by atoms with E-state index in [1.54, 1.807) is 36.4 Å². The molecule has 210 valence electrons. The van der Waals surface area contributed by atoms with Gasteiger partial charge in [0.1, 0.15) is 29.7 Å². The number of hydrogen-bond donors (Lipinski definition) is 1. The number of benzene rings is 4. The standard InChI is InChI=1S/C32H26N4O5S/c1-35-28-17-26(41-25-13-9-23(10-14-25)33-31(38)22-5-3-2-4-6-22)15-16-27(28)34-29(35)19-40-24-11-7-21(8-12-24)18-36-30(37)20-42-32(36)39/h2-17H,18-20H2,1H3,(H,33,38). The molecule has 4 aromatic carbocycles. The van der Waals surface area contributed by atoms with Crippen LogP contribution < -0.4 is 14.8 Å². The quantitative estimate of drug-likeness (QED) is 0.216. The zero-order chi connectivity index (χ0) is 29.1. The van der Waals surface area contributed by atoms with E-state index < -0.39 is 0 Å². The molecule has 0 unspecified atom stereocenters. The first-order chi connectivity index (χ1) is 20.4. The fraction of sp³-hybridized carbons (Fsp3) is 0.125. The number of nitrogens with one attached hydrogen (secondary N) is 1. The van der Waals surface area contributed by atoms with Gasteiger partial charge in [0, 0.05) is 24.4 Å². The summed E-state index contributed by atoms with van der Waals surface area (Å²) in [6, 6.07) is 29.3. The first kappa shape index (κ1) is 27.1. The number of aromatic nitrogens is 2. The summed E-state index contributed by atoms with van der Waals surface area (Å²) in [5.74, 6) is 2.57. The monoisotopic (exact) mass is 578 g/mol. The Labute approximate surface area is 246 Å². The van der Waals surface area contributed by atoms with Crippen LogP contribution in [0.15, 0.2) is 97.1 Å². The van der Waals surface area contributed by atoms with E-state index in [1.807, 2.05) is 72.3 Å². The van der Waals surface area contributed by atoms with Crippen LogP contribution in [0, 0.1) is 0 Å². The lowest BCUT2D eigenvalue weighted by Gasteiger charge is -2.13. The number of amides is 3. The predicted octanol–water partition coefficient (Wildman–Crippen LogP) is 6.39. The van der Waals surface area contributed by atoms with Crippen molar-refractivity contribution < 1.29 is 23.9 Å². The number of fused-ring (bicyclic) bond motifs is 1. The van der Waals surface area contributed by atoms with Gasteiger partial charge in [0.2, 0.25) is 5.91 Å². The second kappa shape index (κ2) is 11.8. The summed E-state index contributed by atoms with van der Waals surface area (Å²) >= 11 is 1.03. The van der Waals surface area contributed by atoms with E-state index in [1.165, 1.54) is 4.90 Å². The zero-order valence-electron chi connectivity index (χ0n) is 22.7. The van der Waals surface area contributed by atoms with Gasteiger partial charge in [0.15, 0.2) is 0 Å². The van der Waals surface area contributed by atoms with E-state index in [2.05, 4.69) is 5.32 Å². The molecule has 42 heavy (non-hydrogen) atoms. The van der Waals surface area contributed by atoms with Gasteiger partial charge in [-0.05, 0) is 66.2 Å². The van der Waals surface area contributed by atoms with Crippen molar-refractivity contribution in [3.8, 4) is 17.2 Å². The fourth-order valence-corrected chi connectivity index (χ4v) is 5.23. The number of carbonyl (C=O) groups is 3. The Bertz CT molecular complexity index is 1750. The van der Waals surface area contributed by atoms with Crippen LogP contribution >= 0.6 is 11.8 Å². The molecule has 0 saturated carbocycles. The molecular weight excluding hydrogens is 552 g/mol. The second-order valence-electron chi connectivity index (χ2n) is 9.65. The SMILES string of the molecule is Cn1c(COc2ccc(CN3C(=O)CSC3=O)cc2)nc2ccc(Oc3ccc(NC(=O)c4ccccc4)cc3)cc21. The molecule has 1 saturated heterocycles. The van der Waals surface area contributed by atoms with Gasteiger partial charge in [0.05, 0.1) is 23.3 Å². The van der Waals surface area contributed by atoms with E-state index in [0.29, 0.717) is 28.5 Å². The van der Waals surface area contributed by atoms with E-state index in [9.17, 15) is 14.4 Å². The fourth-order valence-electron chi connectivity index (χ4n) is 4.50. The lowest BCUT2D eigenvalue weighted by Crippen LogP contribution is -2.27. The van der Waals surface area contributed by atoms with Crippen molar-refractivity contribution in [1.29, 1.82) is 0 Å². The first-order valence-electron chi connectivity index (χ1n) is 13.2. The summed E-state index contributed by atoms with van der Waals surface area (Å²) in [6.45, 7) is 0.520. The second-order valence-corrected chi connectivity index (χ2v) is 10.6. The van der Waals surface area contributed by atoms with Crippen molar-refractivity contribution in [3.63, 3.8) is 0 Å². The third-order valence-electron chi connectivity index (χ3n) is 6.80. The molecule has 6 rings (SSSR count). The van der Waals surface area contributed by atoms with Crippen molar-refractivity contribution >= 4 is 45.5 Å². The maximum Gasteiger partial charge on any atom is 0.289 e. The molecule has 3 amide bonds. The Hall–Kier alpha value is -5.09. The number of nitrogens with zero attached hydrogens (tertiary/aromatic N) is 3. The molecule has 1 aliphatic rings. The average Bonchev–Trinajstić information content (AvgIpc) is 3.50. The Balaban J connectivity index is 1.07. The number of imide groups is 1. The minimum Gasteiger partial charge on any atom is -0.486 e. The van der Waals surface area contributed by atoms with Crippen LogP contribution in [0.25, 0.3) is 11.0 Å². The molecule has 0 spiro atoms. The van der Waals surface area contributed by atoms with E-state index >= 15 is 0 Å². The molecule has 1 fully saturated rings.